The molecule has 1 aliphatic carbocycles. The molecule has 0 radical (unpaired) electrons. The lowest BCUT2D eigenvalue weighted by molar-refractivity contribution is -0.175. The largest absolute Gasteiger partial charge is 0.344 e. The molecule has 134 valence electrons. The standard InChI is InChI=1S/C20H24O5/c1-19(2)22-14-11-13(10-12-8-6-5-7-9-12)15(21)17-18(16(14)23-19)25-20(3,4)24-17/h5-10,14,16-18H,11H2,1-4H3/b13-10+/t14-,16-,17+,18+/m1/s1. The van der Waals surface area contributed by atoms with Crippen LogP contribution in [-0.2, 0) is 23.7 Å². The van der Waals surface area contributed by atoms with Gasteiger partial charge in [-0.3, -0.25) is 4.79 Å². The van der Waals surface area contributed by atoms with Crippen LogP contribution in [-0.4, -0.2) is 41.8 Å². The zero-order chi connectivity index (χ0) is 17.8. The average Bonchev–Trinajstić information content (AvgIpc) is 2.99. The Morgan fingerprint density at radius 3 is 2.28 bits per heavy atom. The zero-order valence-corrected chi connectivity index (χ0v) is 15.0. The third-order valence-electron chi connectivity index (χ3n) is 4.81. The maximum absolute atomic E-state index is 13.1. The molecule has 1 aromatic rings. The second kappa shape index (κ2) is 5.74. The number of ether oxygens (including phenoxy) is 4. The van der Waals surface area contributed by atoms with Gasteiger partial charge in [0.25, 0.3) is 0 Å². The number of benzene rings is 1. The van der Waals surface area contributed by atoms with Gasteiger partial charge in [-0.05, 0) is 39.3 Å². The van der Waals surface area contributed by atoms with Crippen LogP contribution < -0.4 is 0 Å². The minimum absolute atomic E-state index is 0.0427. The first-order valence-electron chi connectivity index (χ1n) is 8.75. The first-order chi connectivity index (χ1) is 11.7. The number of Topliss-reactive ketones (excluding diaryl/α,β-unsaturated/α-hetero) is 1. The summed E-state index contributed by atoms with van der Waals surface area (Å²) in [5.74, 6) is -1.56. The van der Waals surface area contributed by atoms with E-state index in [-0.39, 0.29) is 18.0 Å². The topological polar surface area (TPSA) is 54.0 Å². The van der Waals surface area contributed by atoms with Crippen molar-refractivity contribution >= 4 is 11.9 Å². The van der Waals surface area contributed by atoms with E-state index in [1.165, 1.54) is 0 Å². The Morgan fingerprint density at radius 1 is 0.920 bits per heavy atom. The van der Waals surface area contributed by atoms with E-state index in [0.717, 1.165) is 5.56 Å². The molecule has 0 spiro atoms. The first-order valence-corrected chi connectivity index (χ1v) is 8.75. The lowest BCUT2D eigenvalue weighted by atomic mass is 10.0. The first kappa shape index (κ1) is 16.9. The molecule has 5 nitrogen and oxygen atoms in total. The Bertz CT molecular complexity index is 706. The highest BCUT2D eigenvalue weighted by Crippen LogP contribution is 2.43. The molecule has 4 atom stereocenters. The SMILES string of the molecule is CC1(C)O[C@H]2[C@@H]3OC(C)(C)O[C@H]3C(=O)/C(=C/c3ccccc3)C[C@H]2O1. The highest BCUT2D eigenvalue weighted by Gasteiger charge is 2.58. The molecule has 0 aromatic heterocycles. The van der Waals surface area contributed by atoms with E-state index in [1.807, 2.05) is 64.1 Å². The van der Waals surface area contributed by atoms with Crippen LogP contribution in [0.3, 0.4) is 0 Å². The minimum Gasteiger partial charge on any atom is -0.344 e. The minimum atomic E-state index is -0.819. The molecule has 2 aliphatic heterocycles. The second-order valence-corrected chi connectivity index (χ2v) is 7.81. The van der Waals surface area contributed by atoms with Crippen LogP contribution in [0.5, 0.6) is 0 Å². The molecule has 25 heavy (non-hydrogen) atoms. The lowest BCUT2D eigenvalue weighted by Gasteiger charge is -2.23. The summed E-state index contributed by atoms with van der Waals surface area (Å²) in [7, 11) is 0. The third kappa shape index (κ3) is 3.17. The number of carbonyl (C=O) groups is 1. The Morgan fingerprint density at radius 2 is 1.56 bits per heavy atom. The number of hydrogen-bond acceptors (Lipinski definition) is 5. The summed E-state index contributed by atoms with van der Waals surface area (Å²) in [5.41, 5.74) is 1.67. The summed E-state index contributed by atoms with van der Waals surface area (Å²) in [5, 5.41) is 0. The van der Waals surface area contributed by atoms with E-state index >= 15 is 0 Å². The molecule has 0 N–H and O–H groups in total. The van der Waals surface area contributed by atoms with E-state index in [4.69, 9.17) is 18.9 Å². The van der Waals surface area contributed by atoms with Gasteiger partial charge in [-0.15, -0.1) is 0 Å². The van der Waals surface area contributed by atoms with Gasteiger partial charge in [0.05, 0.1) is 6.10 Å². The molecule has 1 aromatic carbocycles. The summed E-state index contributed by atoms with van der Waals surface area (Å²) in [6.07, 6.45) is 0.717. The molecule has 0 amide bonds. The summed E-state index contributed by atoms with van der Waals surface area (Å²) < 4.78 is 24.1. The van der Waals surface area contributed by atoms with Crippen molar-refractivity contribution in [1.82, 2.24) is 0 Å². The zero-order valence-electron chi connectivity index (χ0n) is 15.0. The Labute approximate surface area is 147 Å². The number of ketones is 1. The van der Waals surface area contributed by atoms with Crippen LogP contribution in [0, 0.1) is 0 Å². The van der Waals surface area contributed by atoms with E-state index < -0.39 is 23.8 Å². The predicted octanol–water partition coefficient (Wildman–Crippen LogP) is 3.08. The van der Waals surface area contributed by atoms with Crippen LogP contribution in [0.2, 0.25) is 0 Å². The summed E-state index contributed by atoms with van der Waals surface area (Å²) in [4.78, 5) is 13.1. The molecule has 4 rings (SSSR count). The molecule has 2 heterocycles. The number of carbonyl (C=O) groups excluding carboxylic acids is 1. The van der Waals surface area contributed by atoms with Crippen LogP contribution >= 0.6 is 0 Å². The van der Waals surface area contributed by atoms with Gasteiger partial charge in [0.2, 0.25) is 0 Å². The van der Waals surface area contributed by atoms with Crippen molar-refractivity contribution in [2.24, 2.45) is 0 Å². The van der Waals surface area contributed by atoms with E-state index in [1.54, 1.807) is 0 Å². The van der Waals surface area contributed by atoms with Gasteiger partial charge in [0.1, 0.15) is 12.2 Å². The van der Waals surface area contributed by atoms with Crippen molar-refractivity contribution in [3.8, 4) is 0 Å². The molecule has 0 unspecified atom stereocenters. The molecule has 3 fully saturated rings. The van der Waals surface area contributed by atoms with Crippen molar-refractivity contribution in [1.29, 1.82) is 0 Å². The van der Waals surface area contributed by atoms with Crippen molar-refractivity contribution in [2.75, 3.05) is 0 Å². The van der Waals surface area contributed by atoms with Crippen molar-refractivity contribution < 1.29 is 23.7 Å². The lowest BCUT2D eigenvalue weighted by Crippen LogP contribution is -2.42. The van der Waals surface area contributed by atoms with E-state index in [0.29, 0.717) is 12.0 Å². The van der Waals surface area contributed by atoms with Crippen LogP contribution in [0.25, 0.3) is 6.08 Å². The Kier molecular flexibility index (Phi) is 3.88. The summed E-state index contributed by atoms with van der Waals surface area (Å²) in [6.45, 7) is 7.43. The van der Waals surface area contributed by atoms with Crippen molar-refractivity contribution in [3.63, 3.8) is 0 Å². The van der Waals surface area contributed by atoms with Crippen LogP contribution in [0.4, 0.5) is 0 Å². The summed E-state index contributed by atoms with van der Waals surface area (Å²) in [6, 6.07) is 9.82. The fourth-order valence-electron chi connectivity index (χ4n) is 3.91. The number of hydrogen-bond donors (Lipinski definition) is 0. The predicted molar refractivity (Wildman–Crippen MR) is 91.7 cm³/mol. The normalized spacial score (nSPS) is 37.6. The smallest absolute Gasteiger partial charge is 0.190 e. The van der Waals surface area contributed by atoms with Gasteiger partial charge >= 0.3 is 0 Å². The van der Waals surface area contributed by atoms with Crippen molar-refractivity contribution in [3.05, 3.63) is 41.5 Å². The van der Waals surface area contributed by atoms with Gasteiger partial charge in [-0.25, -0.2) is 0 Å². The monoisotopic (exact) mass is 344 g/mol. The quantitative estimate of drug-likeness (QED) is 0.733. The Balaban J connectivity index is 1.73. The molecular weight excluding hydrogens is 320 g/mol. The molecule has 5 heteroatoms. The fourth-order valence-corrected chi connectivity index (χ4v) is 3.91. The molecule has 0 bridgehead atoms. The maximum atomic E-state index is 13.1. The number of fused-ring (bicyclic) bond motifs is 3. The second-order valence-electron chi connectivity index (χ2n) is 7.81. The number of rotatable bonds is 1. The van der Waals surface area contributed by atoms with Gasteiger partial charge < -0.3 is 18.9 Å². The molecule has 2 saturated heterocycles. The van der Waals surface area contributed by atoms with Crippen molar-refractivity contribution in [2.45, 2.75) is 70.1 Å². The van der Waals surface area contributed by atoms with Crippen LogP contribution in [0.15, 0.2) is 35.9 Å². The maximum Gasteiger partial charge on any atom is 0.190 e. The van der Waals surface area contributed by atoms with E-state index in [9.17, 15) is 4.79 Å². The Hall–Kier alpha value is -1.53. The van der Waals surface area contributed by atoms with Gasteiger partial charge in [-0.1, -0.05) is 30.3 Å². The van der Waals surface area contributed by atoms with E-state index in [2.05, 4.69) is 0 Å². The van der Waals surface area contributed by atoms with Gasteiger partial charge in [0.15, 0.2) is 23.5 Å². The highest BCUT2D eigenvalue weighted by atomic mass is 16.8. The fraction of sp³-hybridized carbons (Fsp3) is 0.550. The van der Waals surface area contributed by atoms with Gasteiger partial charge in [0, 0.05) is 12.0 Å². The molecule has 1 saturated carbocycles. The molecule has 3 aliphatic rings. The van der Waals surface area contributed by atoms with Crippen LogP contribution in [0.1, 0.15) is 39.7 Å². The highest BCUT2D eigenvalue weighted by molar-refractivity contribution is 6.03. The van der Waals surface area contributed by atoms with Gasteiger partial charge in [-0.2, -0.15) is 0 Å². The third-order valence-corrected chi connectivity index (χ3v) is 4.81. The molecular formula is C20H24O5. The summed E-state index contributed by atoms with van der Waals surface area (Å²) >= 11 is 0. The average molecular weight is 344 g/mol.